The predicted molar refractivity (Wildman–Crippen MR) is 84.7 cm³/mol. The van der Waals surface area contributed by atoms with Gasteiger partial charge < -0.3 is 5.11 Å². The van der Waals surface area contributed by atoms with Crippen molar-refractivity contribution in [3.8, 4) is 11.6 Å². The summed E-state index contributed by atoms with van der Waals surface area (Å²) >= 11 is 0. The van der Waals surface area contributed by atoms with Crippen molar-refractivity contribution in [3.63, 3.8) is 0 Å². The van der Waals surface area contributed by atoms with E-state index in [9.17, 15) is 9.90 Å². The van der Waals surface area contributed by atoms with Gasteiger partial charge in [-0.1, -0.05) is 48.6 Å². The lowest BCUT2D eigenvalue weighted by atomic mass is 10.1. The lowest BCUT2D eigenvalue weighted by molar-refractivity contribution is 0.433. The monoisotopic (exact) mass is 290 g/mol. The van der Waals surface area contributed by atoms with Crippen LogP contribution in [-0.2, 0) is 0 Å². The third-order valence-electron chi connectivity index (χ3n) is 4.85. The van der Waals surface area contributed by atoms with Gasteiger partial charge in [0.1, 0.15) is 0 Å². The summed E-state index contributed by atoms with van der Waals surface area (Å²) in [7, 11) is 0. The molecule has 0 saturated carbocycles. The highest BCUT2D eigenvalue weighted by atomic mass is 16.3. The first-order valence-corrected chi connectivity index (χ1v) is 7.48. The van der Waals surface area contributed by atoms with Crippen LogP contribution in [0.15, 0.2) is 59.4 Å². The van der Waals surface area contributed by atoms with Crippen LogP contribution in [0, 0.1) is 0 Å². The number of hydrogen-bond donors (Lipinski definition) is 1. The number of rotatable bonds is 1. The molecule has 2 heterocycles. The zero-order valence-corrected chi connectivity index (χ0v) is 11.8. The fourth-order valence-corrected chi connectivity index (χ4v) is 3.88. The van der Waals surface area contributed by atoms with Crippen molar-refractivity contribution in [1.82, 2.24) is 9.13 Å². The Labute approximate surface area is 126 Å². The van der Waals surface area contributed by atoms with Gasteiger partial charge in [0, 0.05) is 11.3 Å². The van der Waals surface area contributed by atoms with Gasteiger partial charge in [0.05, 0.1) is 17.4 Å². The van der Waals surface area contributed by atoms with Crippen molar-refractivity contribution in [1.29, 1.82) is 0 Å². The van der Waals surface area contributed by atoms with Crippen molar-refractivity contribution < 1.29 is 5.11 Å². The van der Waals surface area contributed by atoms with E-state index in [-0.39, 0.29) is 23.5 Å². The van der Waals surface area contributed by atoms with Crippen molar-refractivity contribution >= 4 is 10.8 Å². The molecule has 2 unspecified atom stereocenters. The number of allylic oxidation sites excluding steroid dienone is 2. The molecule has 3 aromatic rings. The third kappa shape index (κ3) is 1.30. The van der Waals surface area contributed by atoms with Crippen molar-refractivity contribution in [2.75, 3.05) is 0 Å². The van der Waals surface area contributed by atoms with E-state index >= 15 is 0 Å². The molecule has 0 spiro atoms. The Balaban J connectivity index is 1.86. The van der Waals surface area contributed by atoms with Crippen LogP contribution < -0.4 is 5.69 Å². The molecule has 0 amide bonds. The molecule has 1 aliphatic carbocycles. The van der Waals surface area contributed by atoms with Gasteiger partial charge in [0.25, 0.3) is 0 Å². The van der Waals surface area contributed by atoms with E-state index < -0.39 is 0 Å². The first-order chi connectivity index (χ1) is 10.8. The van der Waals surface area contributed by atoms with Crippen LogP contribution in [0.25, 0.3) is 16.5 Å². The predicted octanol–water partition coefficient (Wildman–Crippen LogP) is 3.10. The number of hydrogen-bond acceptors (Lipinski definition) is 2. The van der Waals surface area contributed by atoms with Gasteiger partial charge in [-0.3, -0.25) is 4.57 Å². The van der Waals surface area contributed by atoms with Gasteiger partial charge >= 0.3 is 5.69 Å². The minimum atomic E-state index is -0.152. The molecule has 108 valence electrons. The highest BCUT2D eigenvalue weighted by Gasteiger charge is 2.39. The molecule has 0 saturated heterocycles. The van der Waals surface area contributed by atoms with Gasteiger partial charge in [0.2, 0.25) is 5.88 Å². The van der Waals surface area contributed by atoms with Crippen LogP contribution in [-0.4, -0.2) is 14.2 Å². The van der Waals surface area contributed by atoms with Gasteiger partial charge in [0.15, 0.2) is 0 Å². The fourth-order valence-electron chi connectivity index (χ4n) is 3.88. The Morgan fingerprint density at radius 3 is 2.73 bits per heavy atom. The molecule has 2 atom stereocenters. The summed E-state index contributed by atoms with van der Waals surface area (Å²) in [5.74, 6) is 0.243. The smallest absolute Gasteiger partial charge is 0.336 e. The normalized spacial score (nSPS) is 21.6. The lowest BCUT2D eigenvalue weighted by Crippen LogP contribution is -2.24. The quantitative estimate of drug-likeness (QED) is 0.700. The molecule has 22 heavy (non-hydrogen) atoms. The molecule has 1 aliphatic heterocycles. The van der Waals surface area contributed by atoms with Crippen LogP contribution in [0.5, 0.6) is 5.88 Å². The maximum absolute atomic E-state index is 12.8. The summed E-state index contributed by atoms with van der Waals surface area (Å²) in [6.07, 6.45) is 5.05. The fraction of sp³-hybridized carbons (Fsp3) is 0.167. The van der Waals surface area contributed by atoms with E-state index in [2.05, 4.69) is 12.2 Å². The Morgan fingerprint density at radius 1 is 1.05 bits per heavy atom. The second-order valence-corrected chi connectivity index (χ2v) is 5.99. The molecule has 2 aromatic carbocycles. The van der Waals surface area contributed by atoms with E-state index in [0.29, 0.717) is 0 Å². The van der Waals surface area contributed by atoms with Crippen LogP contribution in [0.2, 0.25) is 0 Å². The Morgan fingerprint density at radius 2 is 1.86 bits per heavy atom. The second kappa shape index (κ2) is 3.91. The molecule has 1 N–H and O–H groups in total. The van der Waals surface area contributed by atoms with Crippen molar-refractivity contribution in [3.05, 3.63) is 70.8 Å². The highest BCUT2D eigenvalue weighted by Crippen LogP contribution is 2.46. The standard InChI is InChI=1S/C18H14N2O2/c21-17-16-12-8-9-13(10-12)19(16)18(22)20(17)15-7-3-5-11-4-1-2-6-14(11)15/h1-9,12-13,21H,10H2. The maximum atomic E-state index is 12.8. The number of aromatic hydroxyl groups is 1. The molecule has 2 bridgehead atoms. The summed E-state index contributed by atoms with van der Waals surface area (Å²) in [6.45, 7) is 0. The SMILES string of the molecule is O=c1n(-c2cccc3ccccc23)c(O)c2n1C1C=CC2C1. The van der Waals surface area contributed by atoms with Crippen LogP contribution >= 0.6 is 0 Å². The third-order valence-corrected chi connectivity index (χ3v) is 4.85. The number of fused-ring (bicyclic) bond motifs is 6. The van der Waals surface area contributed by atoms with Crippen LogP contribution in [0.1, 0.15) is 24.1 Å². The molecule has 0 radical (unpaired) electrons. The van der Waals surface area contributed by atoms with Gasteiger partial charge in [-0.2, -0.15) is 0 Å². The van der Waals surface area contributed by atoms with E-state index in [4.69, 9.17) is 0 Å². The van der Waals surface area contributed by atoms with Crippen LogP contribution in [0.4, 0.5) is 0 Å². The van der Waals surface area contributed by atoms with E-state index in [1.807, 2.05) is 42.5 Å². The minimum absolute atomic E-state index is 0.0817. The first kappa shape index (κ1) is 11.9. The first-order valence-electron chi connectivity index (χ1n) is 7.48. The summed E-state index contributed by atoms with van der Waals surface area (Å²) in [5, 5.41) is 12.7. The van der Waals surface area contributed by atoms with Crippen molar-refractivity contribution in [2.24, 2.45) is 0 Å². The van der Waals surface area contributed by atoms with E-state index in [0.717, 1.165) is 28.6 Å². The summed E-state index contributed by atoms with van der Waals surface area (Å²) in [5.41, 5.74) is 1.34. The van der Waals surface area contributed by atoms with E-state index in [1.54, 1.807) is 4.57 Å². The largest absolute Gasteiger partial charge is 0.493 e. The summed E-state index contributed by atoms with van der Waals surface area (Å²) in [4.78, 5) is 12.8. The average Bonchev–Trinajstić information content (AvgIpc) is 3.21. The molecular weight excluding hydrogens is 276 g/mol. The molecule has 1 aromatic heterocycles. The molecule has 4 heteroatoms. The molecule has 5 rings (SSSR count). The Hall–Kier alpha value is -2.75. The lowest BCUT2D eigenvalue weighted by Gasteiger charge is -2.09. The second-order valence-electron chi connectivity index (χ2n) is 5.99. The Kier molecular flexibility index (Phi) is 2.11. The van der Waals surface area contributed by atoms with Gasteiger partial charge in [-0.25, -0.2) is 9.36 Å². The van der Waals surface area contributed by atoms with E-state index in [1.165, 1.54) is 4.57 Å². The highest BCUT2D eigenvalue weighted by molar-refractivity contribution is 5.90. The summed E-state index contributed by atoms with van der Waals surface area (Å²) in [6, 6.07) is 13.8. The van der Waals surface area contributed by atoms with Crippen LogP contribution in [0.3, 0.4) is 0 Å². The average molecular weight is 290 g/mol. The zero-order valence-electron chi connectivity index (χ0n) is 11.8. The zero-order chi connectivity index (χ0) is 14.8. The van der Waals surface area contributed by atoms with Gasteiger partial charge in [-0.15, -0.1) is 0 Å². The summed E-state index contributed by atoms with van der Waals surface area (Å²) < 4.78 is 3.19. The molecule has 4 nitrogen and oxygen atoms in total. The molecule has 2 aliphatic rings. The van der Waals surface area contributed by atoms with Gasteiger partial charge in [-0.05, 0) is 17.9 Å². The minimum Gasteiger partial charge on any atom is -0.493 e. The topological polar surface area (TPSA) is 47.2 Å². The number of imidazole rings is 1. The molecular formula is C18H14N2O2. The maximum Gasteiger partial charge on any atom is 0.336 e. The number of aromatic nitrogens is 2. The molecule has 0 fully saturated rings. The number of benzene rings is 2. The van der Waals surface area contributed by atoms with Crippen molar-refractivity contribution in [2.45, 2.75) is 18.4 Å². The Bertz CT molecular complexity index is 1000. The number of nitrogens with zero attached hydrogens (tertiary/aromatic N) is 2.